The molecule has 0 fully saturated rings. The second-order valence-corrected chi connectivity index (χ2v) is 8.79. The highest BCUT2D eigenvalue weighted by molar-refractivity contribution is 7.91. The second-order valence-electron chi connectivity index (χ2n) is 6.58. The predicted molar refractivity (Wildman–Crippen MR) is 104 cm³/mol. The van der Waals surface area contributed by atoms with Crippen molar-refractivity contribution < 1.29 is 18.6 Å². The monoisotopic (exact) mass is 378 g/mol. The van der Waals surface area contributed by atoms with E-state index in [1.54, 1.807) is 30.3 Å². The molecule has 4 atom stereocenters. The minimum Gasteiger partial charge on any atom is -0.387 e. The number of rotatable bonds is 7. The molecule has 6 nitrogen and oxygen atoms in total. The largest absolute Gasteiger partial charge is 0.387 e. The molecule has 7 heteroatoms. The van der Waals surface area contributed by atoms with Gasteiger partial charge in [0.05, 0.1) is 12.1 Å². The van der Waals surface area contributed by atoms with Crippen LogP contribution in [-0.4, -0.2) is 42.4 Å². The summed E-state index contributed by atoms with van der Waals surface area (Å²) in [6.07, 6.45) is -1.70. The molecular weight excluding hydrogens is 352 g/mol. The molecule has 0 bridgehead atoms. The van der Waals surface area contributed by atoms with Crippen molar-refractivity contribution in [2.45, 2.75) is 37.5 Å². The Balaban J connectivity index is 2.32. The number of hydrogen-bond acceptors (Lipinski definition) is 6. The van der Waals surface area contributed by atoms with E-state index in [1.165, 1.54) is 0 Å². The fourth-order valence-corrected chi connectivity index (χ4v) is 4.31. The number of para-hydroxylation sites is 1. The molecule has 0 aliphatic carbocycles. The number of nitrogens with one attached hydrogen (secondary N) is 1. The minimum absolute atomic E-state index is 0.493. The molecule has 0 aliphatic heterocycles. The third-order valence-electron chi connectivity index (χ3n) is 4.46. The molecule has 142 valence electrons. The maximum Gasteiger partial charge on any atom is 0.156 e. The zero-order chi connectivity index (χ0) is 19.5. The van der Waals surface area contributed by atoms with Gasteiger partial charge < -0.3 is 21.3 Å². The summed E-state index contributed by atoms with van der Waals surface area (Å²) >= 11 is 0. The fourth-order valence-electron chi connectivity index (χ4n) is 3.05. The van der Waals surface area contributed by atoms with E-state index in [0.29, 0.717) is 11.3 Å². The summed E-state index contributed by atoms with van der Waals surface area (Å²) in [6.45, 7) is 3.71. The van der Waals surface area contributed by atoms with Crippen LogP contribution in [0.4, 0.5) is 5.69 Å². The number of hydrogen-bond donors (Lipinski definition) is 4. The number of nitrogens with two attached hydrogens (primary N) is 1. The molecule has 0 aliphatic rings. The zero-order valence-electron chi connectivity index (χ0n) is 15.1. The zero-order valence-corrected chi connectivity index (χ0v) is 15.9. The van der Waals surface area contributed by atoms with E-state index >= 15 is 0 Å². The summed E-state index contributed by atoms with van der Waals surface area (Å²) in [5.41, 5.74) is 8.96. The van der Waals surface area contributed by atoms with Crippen LogP contribution < -0.4 is 11.1 Å². The van der Waals surface area contributed by atoms with Gasteiger partial charge in [-0.1, -0.05) is 48.5 Å². The van der Waals surface area contributed by atoms with Gasteiger partial charge in [0.25, 0.3) is 0 Å². The van der Waals surface area contributed by atoms with E-state index in [1.807, 2.05) is 32.0 Å². The molecule has 5 N–H and O–H groups in total. The van der Waals surface area contributed by atoms with Crippen LogP contribution in [0.2, 0.25) is 0 Å². The summed E-state index contributed by atoms with van der Waals surface area (Å²) in [5, 5.41) is 22.6. The lowest BCUT2D eigenvalue weighted by atomic mass is 9.99. The summed E-state index contributed by atoms with van der Waals surface area (Å²) < 4.78 is 24.6. The van der Waals surface area contributed by atoms with Gasteiger partial charge in [-0.3, -0.25) is 0 Å². The second kappa shape index (κ2) is 8.18. The van der Waals surface area contributed by atoms with E-state index in [0.717, 1.165) is 17.4 Å². The molecule has 2 rings (SSSR count). The number of sulfone groups is 1. The number of benzene rings is 2. The molecule has 26 heavy (non-hydrogen) atoms. The van der Waals surface area contributed by atoms with Gasteiger partial charge in [-0.2, -0.15) is 0 Å². The van der Waals surface area contributed by atoms with E-state index in [-0.39, 0.29) is 0 Å². The lowest BCUT2D eigenvalue weighted by Crippen LogP contribution is -2.53. The molecule has 0 amide bonds. The quantitative estimate of drug-likeness (QED) is 0.543. The molecule has 0 saturated heterocycles. The molecule has 0 aromatic heterocycles. The van der Waals surface area contributed by atoms with Gasteiger partial charge >= 0.3 is 0 Å². The van der Waals surface area contributed by atoms with Gasteiger partial charge in [0.15, 0.2) is 9.84 Å². The van der Waals surface area contributed by atoms with Gasteiger partial charge in [0, 0.05) is 11.9 Å². The highest BCUT2D eigenvalue weighted by Gasteiger charge is 2.39. The van der Waals surface area contributed by atoms with Crippen molar-refractivity contribution in [1.29, 1.82) is 0 Å². The van der Waals surface area contributed by atoms with Crippen LogP contribution >= 0.6 is 0 Å². The maximum atomic E-state index is 12.3. The third-order valence-corrected chi connectivity index (χ3v) is 6.02. The lowest BCUT2D eigenvalue weighted by molar-refractivity contribution is 0.109. The molecule has 0 saturated carbocycles. The van der Waals surface area contributed by atoms with Crippen molar-refractivity contribution in [3.8, 4) is 0 Å². The molecule has 0 spiro atoms. The Morgan fingerprint density at radius 2 is 1.50 bits per heavy atom. The lowest BCUT2D eigenvalue weighted by Gasteiger charge is -2.31. The van der Waals surface area contributed by atoms with Crippen molar-refractivity contribution in [1.82, 2.24) is 0 Å². The van der Waals surface area contributed by atoms with Crippen molar-refractivity contribution in [3.05, 3.63) is 65.2 Å². The van der Waals surface area contributed by atoms with E-state index in [4.69, 9.17) is 5.73 Å². The molecule has 0 heterocycles. The predicted octanol–water partition coefficient (Wildman–Crippen LogP) is 1.51. The SMILES string of the molecule is Cc1cccc(C)c1NC(O)C(C(N)C(O)c1ccccc1)S(C)(=O)=O. The van der Waals surface area contributed by atoms with Crippen LogP contribution in [0.25, 0.3) is 0 Å². The first kappa shape index (κ1) is 20.4. The van der Waals surface area contributed by atoms with Crippen LogP contribution in [-0.2, 0) is 9.84 Å². The summed E-state index contributed by atoms with van der Waals surface area (Å²) in [5.74, 6) is 0. The summed E-state index contributed by atoms with van der Waals surface area (Å²) in [6, 6.07) is 12.9. The minimum atomic E-state index is -3.76. The topological polar surface area (TPSA) is 113 Å². The Morgan fingerprint density at radius 3 is 2.00 bits per heavy atom. The molecule has 2 aromatic carbocycles. The Bertz CT molecular complexity index is 820. The van der Waals surface area contributed by atoms with Gasteiger partial charge in [-0.05, 0) is 30.5 Å². The van der Waals surface area contributed by atoms with Gasteiger partial charge in [-0.15, -0.1) is 0 Å². The van der Waals surface area contributed by atoms with Crippen LogP contribution in [0, 0.1) is 13.8 Å². The van der Waals surface area contributed by atoms with Gasteiger partial charge in [-0.25, -0.2) is 8.42 Å². The van der Waals surface area contributed by atoms with Crippen molar-refractivity contribution in [2.24, 2.45) is 5.73 Å². The molecule has 4 unspecified atom stereocenters. The van der Waals surface area contributed by atoms with E-state index in [2.05, 4.69) is 5.32 Å². The third kappa shape index (κ3) is 4.62. The summed E-state index contributed by atoms with van der Waals surface area (Å²) in [4.78, 5) is 0. The fraction of sp³-hybridized carbons (Fsp3) is 0.368. The highest BCUT2D eigenvalue weighted by Crippen LogP contribution is 2.26. The summed E-state index contributed by atoms with van der Waals surface area (Å²) in [7, 11) is -3.76. The Hall–Kier alpha value is -1.93. The van der Waals surface area contributed by atoms with Crippen LogP contribution in [0.1, 0.15) is 22.8 Å². The van der Waals surface area contributed by atoms with Crippen molar-refractivity contribution in [3.63, 3.8) is 0 Å². The molecular formula is C19H26N2O4S. The number of aryl methyl sites for hydroxylation is 2. The number of aliphatic hydroxyl groups is 2. The first-order chi connectivity index (χ1) is 12.1. The van der Waals surface area contributed by atoms with E-state index in [9.17, 15) is 18.6 Å². The van der Waals surface area contributed by atoms with Gasteiger partial charge in [0.1, 0.15) is 11.5 Å². The first-order valence-electron chi connectivity index (χ1n) is 8.31. The first-order valence-corrected chi connectivity index (χ1v) is 10.3. The molecule has 0 radical (unpaired) electrons. The normalized spacial score (nSPS) is 16.5. The highest BCUT2D eigenvalue weighted by atomic mass is 32.2. The van der Waals surface area contributed by atoms with Gasteiger partial charge in [0.2, 0.25) is 0 Å². The van der Waals surface area contributed by atoms with Crippen LogP contribution in [0.15, 0.2) is 48.5 Å². The van der Waals surface area contributed by atoms with Crippen LogP contribution in [0.5, 0.6) is 0 Å². The number of aliphatic hydroxyl groups excluding tert-OH is 2. The Labute approximate surface area is 154 Å². The standard InChI is InChI=1S/C19H26N2O4S/c1-12-8-7-9-13(2)16(12)21-19(23)18(26(3,24)25)15(20)17(22)14-10-5-4-6-11-14/h4-11,15,17-19,21-23H,20H2,1-3H3. The average molecular weight is 378 g/mol. The van der Waals surface area contributed by atoms with Crippen LogP contribution in [0.3, 0.4) is 0 Å². The van der Waals surface area contributed by atoms with Crippen molar-refractivity contribution >= 4 is 15.5 Å². The molecule has 2 aromatic rings. The average Bonchev–Trinajstić information content (AvgIpc) is 2.57. The van der Waals surface area contributed by atoms with E-state index < -0.39 is 33.5 Å². The number of anilines is 1. The smallest absolute Gasteiger partial charge is 0.156 e. The maximum absolute atomic E-state index is 12.3. The Morgan fingerprint density at radius 1 is 0.962 bits per heavy atom. The Kier molecular flexibility index (Phi) is 6.41. The van der Waals surface area contributed by atoms with Crippen molar-refractivity contribution in [2.75, 3.05) is 11.6 Å².